The molecule has 0 aromatic carbocycles. The zero-order valence-electron chi connectivity index (χ0n) is 11.1. The SMILES string of the molecule is Cn1ncc2c1CCCC2NC(=O)c1ncccc1Br. The van der Waals surface area contributed by atoms with Gasteiger partial charge in [0.1, 0.15) is 5.69 Å². The van der Waals surface area contributed by atoms with E-state index in [4.69, 9.17) is 0 Å². The van der Waals surface area contributed by atoms with Gasteiger partial charge in [0, 0.05) is 29.0 Å². The smallest absolute Gasteiger partial charge is 0.271 e. The normalized spacial score (nSPS) is 17.6. The van der Waals surface area contributed by atoms with Crippen LogP contribution in [-0.4, -0.2) is 20.7 Å². The lowest BCUT2D eigenvalue weighted by atomic mass is 9.93. The van der Waals surface area contributed by atoms with Crippen molar-refractivity contribution in [2.75, 3.05) is 0 Å². The molecular formula is C14H15BrN4O. The van der Waals surface area contributed by atoms with Gasteiger partial charge in [-0.3, -0.25) is 9.48 Å². The highest BCUT2D eigenvalue weighted by Gasteiger charge is 2.25. The Kier molecular flexibility index (Phi) is 3.56. The zero-order valence-corrected chi connectivity index (χ0v) is 12.7. The maximum atomic E-state index is 12.3. The van der Waals surface area contributed by atoms with Crippen LogP contribution in [0.15, 0.2) is 29.0 Å². The Morgan fingerprint density at radius 1 is 1.55 bits per heavy atom. The Labute approximate surface area is 125 Å². The van der Waals surface area contributed by atoms with Crippen LogP contribution < -0.4 is 5.32 Å². The van der Waals surface area contributed by atoms with E-state index in [-0.39, 0.29) is 11.9 Å². The second-order valence-corrected chi connectivity index (χ2v) is 5.78. The number of nitrogens with one attached hydrogen (secondary N) is 1. The van der Waals surface area contributed by atoms with Crippen LogP contribution in [0.3, 0.4) is 0 Å². The summed E-state index contributed by atoms with van der Waals surface area (Å²) in [6, 6.07) is 3.63. The summed E-state index contributed by atoms with van der Waals surface area (Å²) in [5, 5.41) is 7.35. The maximum Gasteiger partial charge on any atom is 0.271 e. The van der Waals surface area contributed by atoms with Gasteiger partial charge in [0.05, 0.1) is 12.2 Å². The standard InChI is InChI=1S/C14H15BrN4O/c1-19-12-6-2-5-11(9(12)8-17-19)18-14(20)13-10(15)4-3-7-16-13/h3-4,7-8,11H,2,5-6H2,1H3,(H,18,20). The minimum absolute atomic E-state index is 0.0221. The molecular weight excluding hydrogens is 320 g/mol. The number of amides is 1. The molecule has 1 amide bonds. The summed E-state index contributed by atoms with van der Waals surface area (Å²) in [5.41, 5.74) is 2.75. The fourth-order valence-corrected chi connectivity index (χ4v) is 3.07. The minimum Gasteiger partial charge on any atom is -0.344 e. The first-order chi connectivity index (χ1) is 9.66. The Balaban J connectivity index is 1.83. The molecule has 1 aliphatic carbocycles. The van der Waals surface area contributed by atoms with Crippen molar-refractivity contribution in [2.24, 2.45) is 7.05 Å². The number of halogens is 1. The van der Waals surface area contributed by atoms with E-state index in [2.05, 4.69) is 31.3 Å². The van der Waals surface area contributed by atoms with E-state index < -0.39 is 0 Å². The van der Waals surface area contributed by atoms with Crippen molar-refractivity contribution in [1.29, 1.82) is 0 Å². The molecule has 0 spiro atoms. The lowest BCUT2D eigenvalue weighted by molar-refractivity contribution is 0.0926. The van der Waals surface area contributed by atoms with Crippen molar-refractivity contribution < 1.29 is 4.79 Å². The highest BCUT2D eigenvalue weighted by atomic mass is 79.9. The minimum atomic E-state index is -0.154. The molecule has 1 aliphatic rings. The van der Waals surface area contributed by atoms with Crippen molar-refractivity contribution in [2.45, 2.75) is 25.3 Å². The van der Waals surface area contributed by atoms with Gasteiger partial charge in [-0.1, -0.05) is 0 Å². The third-order valence-corrected chi connectivity index (χ3v) is 4.29. The van der Waals surface area contributed by atoms with Gasteiger partial charge in [0.25, 0.3) is 5.91 Å². The molecule has 2 heterocycles. The number of hydrogen-bond acceptors (Lipinski definition) is 3. The number of carbonyl (C=O) groups excluding carboxylic acids is 1. The Hall–Kier alpha value is -1.69. The van der Waals surface area contributed by atoms with Crippen molar-refractivity contribution in [3.63, 3.8) is 0 Å². The maximum absolute atomic E-state index is 12.3. The number of fused-ring (bicyclic) bond motifs is 1. The molecule has 5 nitrogen and oxygen atoms in total. The van der Waals surface area contributed by atoms with Crippen LogP contribution in [0.4, 0.5) is 0 Å². The summed E-state index contributed by atoms with van der Waals surface area (Å²) in [6.45, 7) is 0. The first-order valence-electron chi connectivity index (χ1n) is 6.59. The van der Waals surface area contributed by atoms with E-state index in [1.165, 1.54) is 5.69 Å². The quantitative estimate of drug-likeness (QED) is 0.917. The van der Waals surface area contributed by atoms with Gasteiger partial charge < -0.3 is 5.32 Å². The zero-order chi connectivity index (χ0) is 14.1. The fourth-order valence-electron chi connectivity index (χ4n) is 2.64. The summed E-state index contributed by atoms with van der Waals surface area (Å²) in [4.78, 5) is 16.4. The molecule has 1 atom stereocenters. The number of hydrogen-bond donors (Lipinski definition) is 1. The van der Waals surface area contributed by atoms with E-state index in [0.29, 0.717) is 10.2 Å². The number of carbonyl (C=O) groups is 1. The first-order valence-corrected chi connectivity index (χ1v) is 7.38. The van der Waals surface area contributed by atoms with E-state index >= 15 is 0 Å². The van der Waals surface area contributed by atoms with Crippen LogP contribution in [0, 0.1) is 0 Å². The molecule has 0 saturated heterocycles. The van der Waals surface area contributed by atoms with Gasteiger partial charge in [0.15, 0.2) is 0 Å². The first kappa shape index (κ1) is 13.3. The number of aryl methyl sites for hydroxylation is 1. The highest BCUT2D eigenvalue weighted by molar-refractivity contribution is 9.10. The van der Waals surface area contributed by atoms with Crippen molar-refractivity contribution in [1.82, 2.24) is 20.1 Å². The van der Waals surface area contributed by atoms with Gasteiger partial charge in [-0.05, 0) is 47.3 Å². The monoisotopic (exact) mass is 334 g/mol. The predicted octanol–water partition coefficient (Wildman–Crippen LogP) is 2.39. The van der Waals surface area contributed by atoms with Crippen LogP contribution in [0.25, 0.3) is 0 Å². The summed E-state index contributed by atoms with van der Waals surface area (Å²) in [6.07, 6.45) is 6.49. The fraction of sp³-hybridized carbons (Fsp3) is 0.357. The van der Waals surface area contributed by atoms with Gasteiger partial charge in [0.2, 0.25) is 0 Å². The Bertz CT molecular complexity index is 652. The molecule has 2 aromatic heterocycles. The number of rotatable bonds is 2. The third-order valence-electron chi connectivity index (χ3n) is 3.65. The average molecular weight is 335 g/mol. The van der Waals surface area contributed by atoms with Gasteiger partial charge >= 0.3 is 0 Å². The van der Waals surface area contributed by atoms with Crippen LogP contribution in [-0.2, 0) is 13.5 Å². The topological polar surface area (TPSA) is 59.8 Å². The summed E-state index contributed by atoms with van der Waals surface area (Å²) < 4.78 is 2.60. The molecule has 104 valence electrons. The molecule has 3 rings (SSSR count). The molecule has 0 bridgehead atoms. The highest BCUT2D eigenvalue weighted by Crippen LogP contribution is 2.29. The summed E-state index contributed by atoms with van der Waals surface area (Å²) in [7, 11) is 1.94. The molecule has 0 radical (unpaired) electrons. The molecule has 0 fully saturated rings. The van der Waals surface area contributed by atoms with E-state index in [0.717, 1.165) is 24.8 Å². The average Bonchev–Trinajstić information content (AvgIpc) is 2.82. The number of aromatic nitrogens is 3. The molecule has 6 heteroatoms. The summed E-state index contributed by atoms with van der Waals surface area (Å²) >= 11 is 3.36. The molecule has 0 aliphatic heterocycles. The molecule has 0 saturated carbocycles. The summed E-state index contributed by atoms with van der Waals surface area (Å²) in [5.74, 6) is -0.154. The van der Waals surface area contributed by atoms with E-state index in [1.54, 1.807) is 12.3 Å². The molecule has 1 N–H and O–H groups in total. The lowest BCUT2D eigenvalue weighted by Crippen LogP contribution is -2.31. The third kappa shape index (κ3) is 2.35. The largest absolute Gasteiger partial charge is 0.344 e. The lowest BCUT2D eigenvalue weighted by Gasteiger charge is -2.23. The van der Waals surface area contributed by atoms with Gasteiger partial charge in [-0.15, -0.1) is 0 Å². The van der Waals surface area contributed by atoms with Gasteiger partial charge in [-0.25, -0.2) is 4.98 Å². The second-order valence-electron chi connectivity index (χ2n) is 4.92. The van der Waals surface area contributed by atoms with Crippen molar-refractivity contribution in [3.05, 3.63) is 46.0 Å². The number of nitrogens with zero attached hydrogens (tertiary/aromatic N) is 3. The van der Waals surface area contributed by atoms with Crippen LogP contribution in [0.5, 0.6) is 0 Å². The van der Waals surface area contributed by atoms with Crippen LogP contribution in [0.1, 0.15) is 40.6 Å². The van der Waals surface area contributed by atoms with Gasteiger partial charge in [-0.2, -0.15) is 5.10 Å². The Morgan fingerprint density at radius 3 is 3.20 bits per heavy atom. The second kappa shape index (κ2) is 5.36. The number of pyridine rings is 1. The van der Waals surface area contributed by atoms with Crippen molar-refractivity contribution in [3.8, 4) is 0 Å². The van der Waals surface area contributed by atoms with Crippen LogP contribution >= 0.6 is 15.9 Å². The molecule has 20 heavy (non-hydrogen) atoms. The van der Waals surface area contributed by atoms with Crippen LogP contribution in [0.2, 0.25) is 0 Å². The van der Waals surface area contributed by atoms with E-state index in [1.807, 2.05) is 24.0 Å². The predicted molar refractivity (Wildman–Crippen MR) is 78.3 cm³/mol. The Morgan fingerprint density at radius 2 is 2.40 bits per heavy atom. The molecule has 2 aromatic rings. The molecule has 1 unspecified atom stereocenters. The van der Waals surface area contributed by atoms with Crippen molar-refractivity contribution >= 4 is 21.8 Å². The van der Waals surface area contributed by atoms with E-state index in [9.17, 15) is 4.79 Å².